The van der Waals surface area contributed by atoms with Crippen LogP contribution in [0.15, 0.2) is 24.3 Å². The number of rotatable bonds is 3. The van der Waals surface area contributed by atoms with Crippen molar-refractivity contribution in [2.45, 2.75) is 19.9 Å². The average molecular weight is 204 g/mol. The van der Waals surface area contributed by atoms with Crippen molar-refractivity contribution < 1.29 is 9.90 Å². The molecule has 4 nitrogen and oxygen atoms in total. The van der Waals surface area contributed by atoms with Crippen molar-refractivity contribution in [3.8, 4) is 0 Å². The monoisotopic (exact) mass is 204 g/mol. The third kappa shape index (κ3) is 1.83. The third-order valence-corrected chi connectivity index (χ3v) is 2.45. The predicted octanol–water partition coefficient (Wildman–Crippen LogP) is 1.82. The van der Waals surface area contributed by atoms with E-state index in [0.29, 0.717) is 6.54 Å². The first kappa shape index (κ1) is 9.71. The molecule has 4 heteroatoms. The summed E-state index contributed by atoms with van der Waals surface area (Å²) in [5.41, 5.74) is 1.94. The summed E-state index contributed by atoms with van der Waals surface area (Å²) >= 11 is 0. The van der Waals surface area contributed by atoms with Crippen molar-refractivity contribution in [2.24, 2.45) is 0 Å². The topological polar surface area (TPSA) is 55.1 Å². The molecule has 1 heterocycles. The Bertz CT molecular complexity index is 502. The fourth-order valence-electron chi connectivity index (χ4n) is 1.63. The zero-order valence-corrected chi connectivity index (χ0v) is 8.47. The van der Waals surface area contributed by atoms with Crippen molar-refractivity contribution in [3.05, 3.63) is 30.0 Å². The maximum Gasteiger partial charge on any atom is 0.305 e. The smallest absolute Gasteiger partial charge is 0.305 e. The molecule has 0 saturated heterocycles. The van der Waals surface area contributed by atoms with Crippen molar-refractivity contribution >= 4 is 16.9 Å². The van der Waals surface area contributed by atoms with Crippen LogP contribution >= 0.6 is 0 Å². The Balaban J connectivity index is 2.36. The van der Waals surface area contributed by atoms with Crippen LogP contribution in [0.2, 0.25) is 0 Å². The van der Waals surface area contributed by atoms with E-state index in [1.165, 1.54) is 0 Å². The molecule has 1 N–H and O–H groups in total. The molecule has 0 bridgehead atoms. The molecular weight excluding hydrogens is 192 g/mol. The van der Waals surface area contributed by atoms with Gasteiger partial charge in [-0.2, -0.15) is 5.10 Å². The van der Waals surface area contributed by atoms with Gasteiger partial charge in [-0.15, -0.1) is 0 Å². The molecule has 2 aromatic rings. The normalized spacial score (nSPS) is 10.7. The van der Waals surface area contributed by atoms with E-state index < -0.39 is 5.97 Å². The molecule has 0 unspecified atom stereocenters. The molecular formula is C11H12N2O2. The van der Waals surface area contributed by atoms with E-state index in [1.54, 1.807) is 4.68 Å². The standard InChI is InChI=1S/C11H12N2O2/c1-8-9-4-2-3-5-10(9)12-13(8)7-6-11(14)15/h2-5H,6-7H2,1H3,(H,14,15). The second-order valence-electron chi connectivity index (χ2n) is 3.47. The molecule has 1 aromatic heterocycles. The van der Waals surface area contributed by atoms with Gasteiger partial charge in [0.05, 0.1) is 18.5 Å². The zero-order valence-electron chi connectivity index (χ0n) is 8.47. The fraction of sp³-hybridized carbons (Fsp3) is 0.273. The Labute approximate surface area is 87.1 Å². The van der Waals surface area contributed by atoms with E-state index in [-0.39, 0.29) is 6.42 Å². The first-order valence-electron chi connectivity index (χ1n) is 4.82. The van der Waals surface area contributed by atoms with Gasteiger partial charge in [0.25, 0.3) is 0 Å². The maximum absolute atomic E-state index is 10.5. The Morgan fingerprint density at radius 2 is 2.20 bits per heavy atom. The third-order valence-electron chi connectivity index (χ3n) is 2.45. The highest BCUT2D eigenvalue weighted by atomic mass is 16.4. The first-order valence-corrected chi connectivity index (χ1v) is 4.82. The van der Waals surface area contributed by atoms with Crippen LogP contribution in [0.4, 0.5) is 0 Å². The summed E-state index contributed by atoms with van der Waals surface area (Å²) in [4.78, 5) is 10.5. The lowest BCUT2D eigenvalue weighted by atomic mass is 10.2. The number of aliphatic carboxylic acids is 1. The molecule has 0 aliphatic rings. The van der Waals surface area contributed by atoms with Gasteiger partial charge in [0, 0.05) is 11.1 Å². The predicted molar refractivity (Wildman–Crippen MR) is 56.7 cm³/mol. The number of carbonyl (C=O) groups is 1. The second-order valence-corrected chi connectivity index (χ2v) is 3.47. The molecule has 0 atom stereocenters. The average Bonchev–Trinajstić information content (AvgIpc) is 2.54. The number of aromatic nitrogens is 2. The van der Waals surface area contributed by atoms with Gasteiger partial charge in [-0.3, -0.25) is 9.48 Å². The minimum absolute atomic E-state index is 0.106. The summed E-state index contributed by atoms with van der Waals surface area (Å²) in [7, 11) is 0. The molecule has 0 radical (unpaired) electrons. The molecule has 2 rings (SSSR count). The molecule has 0 aliphatic heterocycles. The number of carboxylic acid groups (broad SMARTS) is 1. The van der Waals surface area contributed by atoms with E-state index in [2.05, 4.69) is 5.10 Å². The highest BCUT2D eigenvalue weighted by Crippen LogP contribution is 2.16. The summed E-state index contributed by atoms with van der Waals surface area (Å²) in [5, 5.41) is 14.0. The summed E-state index contributed by atoms with van der Waals surface area (Å²) in [6, 6.07) is 7.81. The van der Waals surface area contributed by atoms with Crippen molar-refractivity contribution in [2.75, 3.05) is 0 Å². The van der Waals surface area contributed by atoms with Crippen molar-refractivity contribution in [3.63, 3.8) is 0 Å². The van der Waals surface area contributed by atoms with Crippen molar-refractivity contribution in [1.82, 2.24) is 9.78 Å². The minimum Gasteiger partial charge on any atom is -0.481 e. The summed E-state index contributed by atoms with van der Waals surface area (Å²) in [5.74, 6) is -0.797. The van der Waals surface area contributed by atoms with E-state index in [0.717, 1.165) is 16.6 Å². The molecule has 0 amide bonds. The molecule has 0 saturated carbocycles. The fourth-order valence-corrected chi connectivity index (χ4v) is 1.63. The van der Waals surface area contributed by atoms with Gasteiger partial charge in [0.2, 0.25) is 0 Å². The Kier molecular flexibility index (Phi) is 2.41. The molecule has 78 valence electrons. The van der Waals surface area contributed by atoms with Gasteiger partial charge < -0.3 is 5.11 Å². The number of benzene rings is 1. The number of hydrogen-bond donors (Lipinski definition) is 1. The van der Waals surface area contributed by atoms with Gasteiger partial charge in [-0.25, -0.2) is 0 Å². The van der Waals surface area contributed by atoms with Gasteiger partial charge in [0.1, 0.15) is 0 Å². The lowest BCUT2D eigenvalue weighted by Crippen LogP contribution is -2.07. The molecule has 1 aromatic carbocycles. The Morgan fingerprint density at radius 1 is 1.47 bits per heavy atom. The van der Waals surface area contributed by atoms with E-state index in [1.807, 2.05) is 31.2 Å². The first-order chi connectivity index (χ1) is 7.18. The van der Waals surface area contributed by atoms with Crippen LogP contribution < -0.4 is 0 Å². The van der Waals surface area contributed by atoms with Gasteiger partial charge in [-0.05, 0) is 13.0 Å². The largest absolute Gasteiger partial charge is 0.481 e. The van der Waals surface area contributed by atoms with Crippen LogP contribution in [0.3, 0.4) is 0 Å². The lowest BCUT2D eigenvalue weighted by Gasteiger charge is -2.00. The van der Waals surface area contributed by atoms with Crippen LogP contribution in [0.25, 0.3) is 10.9 Å². The summed E-state index contributed by atoms with van der Waals surface area (Å²) in [6.45, 7) is 2.38. The SMILES string of the molecule is Cc1c2ccccc2nn1CCC(=O)O. The second kappa shape index (κ2) is 3.73. The molecule has 0 fully saturated rings. The maximum atomic E-state index is 10.5. The number of carboxylic acids is 1. The van der Waals surface area contributed by atoms with E-state index in [4.69, 9.17) is 5.11 Å². The van der Waals surface area contributed by atoms with Crippen LogP contribution in [0.5, 0.6) is 0 Å². The van der Waals surface area contributed by atoms with Gasteiger partial charge in [0.15, 0.2) is 0 Å². The highest BCUT2D eigenvalue weighted by Gasteiger charge is 2.07. The number of fused-ring (bicyclic) bond motifs is 1. The number of hydrogen-bond acceptors (Lipinski definition) is 2. The van der Waals surface area contributed by atoms with E-state index >= 15 is 0 Å². The summed E-state index contributed by atoms with van der Waals surface area (Å²) in [6.07, 6.45) is 0.106. The Hall–Kier alpha value is -1.84. The van der Waals surface area contributed by atoms with Crippen LogP contribution in [-0.2, 0) is 11.3 Å². The molecule has 15 heavy (non-hydrogen) atoms. The number of nitrogens with zero attached hydrogens (tertiary/aromatic N) is 2. The zero-order chi connectivity index (χ0) is 10.8. The molecule has 0 spiro atoms. The Morgan fingerprint density at radius 3 is 2.87 bits per heavy atom. The minimum atomic E-state index is -0.797. The van der Waals surface area contributed by atoms with Crippen molar-refractivity contribution in [1.29, 1.82) is 0 Å². The quantitative estimate of drug-likeness (QED) is 0.829. The van der Waals surface area contributed by atoms with Gasteiger partial charge >= 0.3 is 5.97 Å². The number of aryl methyl sites for hydroxylation is 2. The highest BCUT2D eigenvalue weighted by molar-refractivity contribution is 5.81. The van der Waals surface area contributed by atoms with Gasteiger partial charge in [-0.1, -0.05) is 18.2 Å². The van der Waals surface area contributed by atoms with E-state index in [9.17, 15) is 4.79 Å². The van der Waals surface area contributed by atoms with Crippen LogP contribution in [0.1, 0.15) is 12.1 Å². The summed E-state index contributed by atoms with van der Waals surface area (Å²) < 4.78 is 1.75. The lowest BCUT2D eigenvalue weighted by molar-refractivity contribution is -0.137. The van der Waals surface area contributed by atoms with Crippen LogP contribution in [-0.4, -0.2) is 20.9 Å². The van der Waals surface area contributed by atoms with Crippen LogP contribution in [0, 0.1) is 6.92 Å². The molecule has 0 aliphatic carbocycles.